The third-order valence-corrected chi connectivity index (χ3v) is 6.34. The van der Waals surface area contributed by atoms with Crippen molar-refractivity contribution in [3.05, 3.63) is 82.0 Å². The molecular weight excluding hydrogens is 731 g/mol. The number of carbonyl (C=O) groups is 2. The summed E-state index contributed by atoms with van der Waals surface area (Å²) < 4.78 is 0. The minimum absolute atomic E-state index is 0. The third kappa shape index (κ3) is 23.9. The smallest absolute Gasteiger partial charge is 0.220 e. The first-order chi connectivity index (χ1) is 28.2. The Kier molecular flexibility index (Phi) is 24.9. The van der Waals surface area contributed by atoms with Gasteiger partial charge in [0.1, 0.15) is 11.6 Å². The van der Waals surface area contributed by atoms with Crippen LogP contribution < -0.4 is 28.2 Å². The maximum absolute atomic E-state index is 12.2. The molecule has 0 fully saturated rings. The van der Waals surface area contributed by atoms with Crippen LogP contribution in [0.1, 0.15) is 46.1 Å². The van der Waals surface area contributed by atoms with Crippen LogP contribution in [0.3, 0.4) is 0 Å². The summed E-state index contributed by atoms with van der Waals surface area (Å²) in [7, 11) is 0. The lowest BCUT2D eigenvalue weighted by Gasteiger charge is -2.11. The second-order valence-electron chi connectivity index (χ2n) is 10.2. The first-order valence-corrected chi connectivity index (χ1v) is 16.3. The molecule has 302 valence electrons. The van der Waals surface area contributed by atoms with E-state index in [1.165, 1.54) is 5.53 Å². The summed E-state index contributed by atoms with van der Waals surface area (Å²) in [6.07, 6.45) is 13.1. The lowest BCUT2D eigenvalue weighted by Crippen LogP contribution is -2.32. The quantitative estimate of drug-likeness (QED) is 0.0596. The third-order valence-electron chi connectivity index (χ3n) is 6.34. The van der Waals surface area contributed by atoms with Gasteiger partial charge in [-0.05, 0) is 136 Å². The number of rotatable bonds is 11. The SMILES string of the molecule is C#CC#CC#CC#CC#CC#CC#CC#CC#CC#CC#C.NN=NN[N+](=O)[O-].Nc1nccc2cc(CNC(=O)CCC(=O)[C@H](N)CCc3ccccc3)ccc12.[HH].[HH].[HH].[HH].[HH].[HH].[HH].[HH].[HH].[HH].[HH]. The first kappa shape index (κ1) is 46.5. The Morgan fingerprint density at radius 2 is 1.29 bits per heavy atom. The lowest BCUT2D eigenvalue weighted by atomic mass is 10.0. The molecule has 0 spiro atoms. The Bertz CT molecular complexity index is 2590. The van der Waals surface area contributed by atoms with Crippen LogP contribution >= 0.6 is 0 Å². The Balaban J connectivity index is -0.0000000850. The van der Waals surface area contributed by atoms with Gasteiger partial charge in [-0.3, -0.25) is 15.4 Å². The predicted octanol–water partition coefficient (Wildman–Crippen LogP) is 4.74. The monoisotopic (exact) mass is 783 g/mol. The molecule has 0 radical (unpaired) electrons. The Morgan fingerprint density at radius 1 is 0.776 bits per heavy atom. The van der Waals surface area contributed by atoms with Crippen LogP contribution in [0.4, 0.5) is 5.82 Å². The highest BCUT2D eigenvalue weighted by Gasteiger charge is 2.15. The first-order valence-electron chi connectivity index (χ1n) is 16.3. The number of nitrogen functional groups attached to an aromatic ring is 1. The van der Waals surface area contributed by atoms with E-state index >= 15 is 0 Å². The zero-order chi connectivity index (χ0) is 42.5. The summed E-state index contributed by atoms with van der Waals surface area (Å²) in [6.45, 7) is 0.394. The standard InChI is InChI=1S/C23H26N4O2.C22H2.H3N5O2.11H2/c24-20(9-7-16-4-2-1-3-5-16)21(28)10-11-22(29)27-15-17-6-8-19-18(14-17)12-13-26-23(19)25;1-3-5-7-9-11-13-15-17-19-21-22-20-18-16-14-12-10-8-6-4-2;1-2-3-4-5(6)7;;;;;;;;;;;/h1-6,8,12-14,20H,7,9-11,15,24H2,(H2,25,26)(H,27,29);1-2H;(H2,1,3)(H,2,4);11*1H/t20-;;;;;;;;;;;;;/m1............./s1. The zero-order valence-corrected chi connectivity index (χ0v) is 30.7. The van der Waals surface area contributed by atoms with Crippen LogP contribution in [-0.2, 0) is 22.6 Å². The largest absolute Gasteiger partial charge is 0.383 e. The second kappa shape index (κ2) is 31.1. The number of anilines is 1. The Hall–Kier alpha value is -9.49. The van der Waals surface area contributed by atoms with Crippen molar-refractivity contribution in [1.29, 1.82) is 0 Å². The fourth-order valence-electron chi connectivity index (χ4n) is 3.83. The van der Waals surface area contributed by atoms with Crippen molar-refractivity contribution in [3.63, 3.8) is 0 Å². The number of aryl methyl sites for hydroxylation is 1. The van der Waals surface area contributed by atoms with E-state index in [4.69, 9.17) is 24.3 Å². The number of fused-ring (bicyclic) bond motifs is 1. The molecular formula is C45H53N9O4. The van der Waals surface area contributed by atoms with Gasteiger partial charge in [-0.2, -0.15) is 0 Å². The molecule has 0 unspecified atom stereocenters. The summed E-state index contributed by atoms with van der Waals surface area (Å²) in [5, 5.41) is 18.3. The number of pyridine rings is 1. The van der Waals surface area contributed by atoms with E-state index in [0.717, 1.165) is 28.3 Å². The van der Waals surface area contributed by atoms with E-state index in [1.807, 2.05) is 54.6 Å². The van der Waals surface area contributed by atoms with Crippen LogP contribution in [0.15, 0.2) is 71.2 Å². The van der Waals surface area contributed by atoms with E-state index in [2.05, 4.69) is 145 Å². The maximum atomic E-state index is 12.2. The molecule has 13 heteroatoms. The van der Waals surface area contributed by atoms with E-state index < -0.39 is 11.1 Å². The number of benzene rings is 2. The summed E-state index contributed by atoms with van der Waals surface area (Å²) in [5.74, 6) is 52.8. The highest BCUT2D eigenvalue weighted by Crippen LogP contribution is 2.20. The fraction of sp³-hybridized carbons (Fsp3) is 0.133. The molecule has 3 rings (SSSR count). The maximum Gasteiger partial charge on any atom is 0.220 e. The van der Waals surface area contributed by atoms with Crippen molar-refractivity contribution in [2.24, 2.45) is 22.0 Å². The van der Waals surface area contributed by atoms with Gasteiger partial charge in [0.2, 0.25) is 5.91 Å². The number of nitrogens with two attached hydrogens (primary N) is 3. The normalized spacial score (nSPS) is 8.47. The van der Waals surface area contributed by atoms with Gasteiger partial charge in [-0.15, -0.1) is 12.8 Å². The molecule has 3 aromatic rings. The van der Waals surface area contributed by atoms with Crippen molar-refractivity contribution in [2.75, 3.05) is 5.73 Å². The van der Waals surface area contributed by atoms with E-state index in [9.17, 15) is 19.7 Å². The number of hydrogen-bond acceptors (Lipinski definition) is 9. The van der Waals surface area contributed by atoms with Gasteiger partial charge < -0.3 is 26.9 Å². The van der Waals surface area contributed by atoms with Gasteiger partial charge in [0.25, 0.3) is 0 Å². The highest BCUT2D eigenvalue weighted by molar-refractivity contribution is 5.91. The lowest BCUT2D eigenvalue weighted by molar-refractivity contribution is -0.546. The number of amides is 1. The number of aromatic nitrogens is 1. The minimum atomic E-state index is -0.879. The molecule has 0 bridgehead atoms. The summed E-state index contributed by atoms with van der Waals surface area (Å²) in [4.78, 5) is 37.6. The van der Waals surface area contributed by atoms with Crippen molar-refractivity contribution in [2.45, 2.75) is 38.3 Å². The molecule has 1 aromatic heterocycles. The molecule has 0 saturated carbocycles. The average Bonchev–Trinajstić information content (AvgIpc) is 3.23. The fourth-order valence-corrected chi connectivity index (χ4v) is 3.83. The molecule has 1 heterocycles. The van der Waals surface area contributed by atoms with Gasteiger partial charge in [0.15, 0.2) is 5.22 Å². The number of terminal acetylenes is 2. The van der Waals surface area contributed by atoms with Crippen molar-refractivity contribution < 1.29 is 30.3 Å². The number of hydrazine groups is 1. The van der Waals surface area contributed by atoms with Crippen molar-refractivity contribution in [1.82, 2.24) is 15.8 Å². The predicted molar refractivity (Wildman–Crippen MR) is 245 cm³/mol. The molecule has 58 heavy (non-hydrogen) atoms. The van der Waals surface area contributed by atoms with Gasteiger partial charge in [-0.25, -0.2) is 4.98 Å². The molecule has 8 N–H and O–H groups in total. The van der Waals surface area contributed by atoms with Crippen molar-refractivity contribution in [3.8, 4) is 131 Å². The second-order valence-corrected chi connectivity index (χ2v) is 10.2. The zero-order valence-electron chi connectivity index (χ0n) is 30.7. The molecule has 0 aliphatic carbocycles. The number of nitrogens with zero attached hydrogens (tertiary/aromatic N) is 4. The number of carbonyl (C=O) groups excluding carboxylic acids is 2. The summed E-state index contributed by atoms with van der Waals surface area (Å²) in [6, 6.07) is 17.0. The molecule has 13 nitrogen and oxygen atoms in total. The molecule has 2 aromatic carbocycles. The molecule has 0 aliphatic heterocycles. The Morgan fingerprint density at radius 3 is 1.76 bits per heavy atom. The highest BCUT2D eigenvalue weighted by atomic mass is 16.7. The van der Waals surface area contributed by atoms with E-state index in [0.29, 0.717) is 18.8 Å². The molecule has 1 amide bonds. The van der Waals surface area contributed by atoms with Crippen LogP contribution in [0, 0.1) is 141 Å². The van der Waals surface area contributed by atoms with Gasteiger partial charge >= 0.3 is 0 Å². The molecule has 1 atom stereocenters. The van der Waals surface area contributed by atoms with Crippen LogP contribution in [0.5, 0.6) is 0 Å². The van der Waals surface area contributed by atoms with E-state index in [-0.39, 0.29) is 40.2 Å². The number of Topliss-reactive ketones (excluding diaryl/α,β-unsaturated/α-hetero) is 1. The number of hydrogen-bond donors (Lipinski definition) is 5. The molecule has 0 saturated heterocycles. The number of nitrogens with one attached hydrogen (secondary N) is 2. The molecule has 0 aliphatic rings. The van der Waals surface area contributed by atoms with Crippen LogP contribution in [0.25, 0.3) is 10.8 Å². The van der Waals surface area contributed by atoms with Crippen LogP contribution in [0.2, 0.25) is 0 Å². The van der Waals surface area contributed by atoms with Gasteiger partial charge in [0, 0.05) is 75.9 Å². The van der Waals surface area contributed by atoms with Crippen molar-refractivity contribution >= 4 is 28.3 Å². The summed E-state index contributed by atoms with van der Waals surface area (Å²) in [5.41, 5.74) is 15.3. The number of ketones is 1. The van der Waals surface area contributed by atoms with E-state index in [1.54, 1.807) is 6.20 Å². The topological polar surface area (TPSA) is 217 Å². The van der Waals surface area contributed by atoms with Gasteiger partial charge in [0.05, 0.1) is 16.3 Å². The average molecular weight is 784 g/mol. The minimum Gasteiger partial charge on any atom is -0.383 e. The van der Waals surface area contributed by atoms with Gasteiger partial charge in [-0.1, -0.05) is 42.5 Å². The Labute approximate surface area is 353 Å². The number of nitro groups is 1. The summed E-state index contributed by atoms with van der Waals surface area (Å²) >= 11 is 0. The van der Waals surface area contributed by atoms with Crippen LogP contribution in [-0.4, -0.2) is 27.7 Å².